The molecule has 1 aromatic carbocycles. The Bertz CT molecular complexity index is 1720. The van der Waals surface area contributed by atoms with Crippen LogP contribution in [0.2, 0.25) is 0 Å². The molecular weight excluding hydrogens is 586 g/mol. The number of aromatic nitrogens is 3. The van der Waals surface area contributed by atoms with Gasteiger partial charge in [0, 0.05) is 52.9 Å². The number of hydrogen-bond donors (Lipinski definition) is 1. The molecule has 1 unspecified atom stereocenters. The standard InChI is InChI=1S/C32H38FN4O6P/c1-10-29(38)36-24-13-22(14-25(17-24)40-9)23-15-26-27(21-11-12-34-28(33)16-21)19-37(30(26)35-18-23)20(2)41-44(39,42-31(3,4)5)43-32(6,7)8/h10-20H,1H2,2-9H3,(H,36,38). The summed E-state index contributed by atoms with van der Waals surface area (Å²) in [7, 11) is -2.56. The summed E-state index contributed by atoms with van der Waals surface area (Å²) in [6.07, 6.45) is 5.10. The van der Waals surface area contributed by atoms with E-state index in [-0.39, 0.29) is 5.91 Å². The number of carbonyl (C=O) groups is 1. The minimum atomic E-state index is -4.09. The van der Waals surface area contributed by atoms with Crippen molar-refractivity contribution in [3.8, 4) is 28.0 Å². The Balaban J connectivity index is 1.86. The molecule has 10 nitrogen and oxygen atoms in total. The molecule has 0 aliphatic rings. The molecule has 0 aliphatic carbocycles. The van der Waals surface area contributed by atoms with E-state index in [1.54, 1.807) is 83.6 Å². The number of fused-ring (bicyclic) bond motifs is 1. The lowest BCUT2D eigenvalue weighted by Gasteiger charge is -2.32. The first-order chi connectivity index (χ1) is 20.5. The van der Waals surface area contributed by atoms with E-state index >= 15 is 0 Å². The maximum absolute atomic E-state index is 14.3. The van der Waals surface area contributed by atoms with E-state index < -0.39 is 31.2 Å². The third kappa shape index (κ3) is 8.18. The van der Waals surface area contributed by atoms with Crippen LogP contribution in [0.4, 0.5) is 10.1 Å². The molecule has 0 radical (unpaired) electrons. The smallest absolute Gasteiger partial charge is 0.477 e. The Morgan fingerprint density at radius 3 is 2.30 bits per heavy atom. The number of ether oxygens (including phenoxy) is 1. The number of benzene rings is 1. The fraction of sp³-hybridized carbons (Fsp3) is 0.344. The topological polar surface area (TPSA) is 114 Å². The molecule has 234 valence electrons. The van der Waals surface area contributed by atoms with Crippen LogP contribution in [-0.4, -0.2) is 38.8 Å². The van der Waals surface area contributed by atoms with Crippen LogP contribution in [0, 0.1) is 5.95 Å². The number of rotatable bonds is 10. The number of amides is 1. The van der Waals surface area contributed by atoms with Crippen molar-refractivity contribution in [3.63, 3.8) is 0 Å². The molecule has 0 fully saturated rings. The molecular formula is C32H38FN4O6P. The van der Waals surface area contributed by atoms with E-state index in [9.17, 15) is 13.8 Å². The molecule has 44 heavy (non-hydrogen) atoms. The lowest BCUT2D eigenvalue weighted by Crippen LogP contribution is -2.25. The fourth-order valence-electron chi connectivity index (χ4n) is 4.49. The summed E-state index contributed by atoms with van der Waals surface area (Å²) in [5.74, 6) is -0.491. The number of pyridine rings is 2. The van der Waals surface area contributed by atoms with Gasteiger partial charge in [0.15, 0.2) is 0 Å². The Morgan fingerprint density at radius 1 is 1.02 bits per heavy atom. The van der Waals surface area contributed by atoms with Gasteiger partial charge in [-0.25, -0.2) is 14.5 Å². The zero-order valence-electron chi connectivity index (χ0n) is 26.2. The highest BCUT2D eigenvalue weighted by Gasteiger charge is 2.39. The summed E-state index contributed by atoms with van der Waals surface area (Å²) in [4.78, 5) is 20.4. The van der Waals surface area contributed by atoms with Gasteiger partial charge in [-0.2, -0.15) is 4.39 Å². The highest BCUT2D eigenvalue weighted by molar-refractivity contribution is 7.48. The number of anilines is 1. The number of nitrogens with zero attached hydrogens (tertiary/aromatic N) is 3. The highest BCUT2D eigenvalue weighted by atomic mass is 31.2. The van der Waals surface area contributed by atoms with Gasteiger partial charge < -0.3 is 14.6 Å². The van der Waals surface area contributed by atoms with Crippen LogP contribution in [-0.2, 0) is 22.9 Å². The van der Waals surface area contributed by atoms with Gasteiger partial charge in [-0.3, -0.25) is 18.4 Å². The van der Waals surface area contributed by atoms with Crippen LogP contribution in [0.1, 0.15) is 54.7 Å². The van der Waals surface area contributed by atoms with Crippen molar-refractivity contribution in [1.82, 2.24) is 14.5 Å². The van der Waals surface area contributed by atoms with Crippen LogP contribution in [0.25, 0.3) is 33.3 Å². The lowest BCUT2D eigenvalue weighted by atomic mass is 10.0. The summed E-state index contributed by atoms with van der Waals surface area (Å²) in [6.45, 7) is 15.8. The van der Waals surface area contributed by atoms with Crippen molar-refractivity contribution in [2.75, 3.05) is 12.4 Å². The summed E-state index contributed by atoms with van der Waals surface area (Å²) in [5, 5.41) is 3.41. The molecule has 4 aromatic rings. The number of phosphoric ester groups is 1. The van der Waals surface area contributed by atoms with Gasteiger partial charge in [-0.15, -0.1) is 0 Å². The molecule has 0 saturated heterocycles. The minimum absolute atomic E-state index is 0.367. The average Bonchev–Trinajstić information content (AvgIpc) is 3.29. The number of halogens is 1. The number of phosphoric acid groups is 1. The van der Waals surface area contributed by atoms with E-state index in [1.165, 1.54) is 25.4 Å². The molecule has 0 spiro atoms. The Morgan fingerprint density at radius 2 is 1.70 bits per heavy atom. The second-order valence-corrected chi connectivity index (χ2v) is 13.6. The number of hydrogen-bond acceptors (Lipinski definition) is 8. The number of nitrogens with one attached hydrogen (secondary N) is 1. The lowest BCUT2D eigenvalue weighted by molar-refractivity contribution is -0.111. The normalized spacial score (nSPS) is 13.1. The number of carbonyl (C=O) groups excluding carboxylic acids is 1. The van der Waals surface area contributed by atoms with Crippen molar-refractivity contribution >= 4 is 30.5 Å². The van der Waals surface area contributed by atoms with Crippen LogP contribution in [0.3, 0.4) is 0 Å². The summed E-state index contributed by atoms with van der Waals surface area (Å²) in [5.41, 5.74) is 1.94. The quantitative estimate of drug-likeness (QED) is 0.106. The van der Waals surface area contributed by atoms with Crippen LogP contribution in [0.15, 0.2) is 67.6 Å². The zero-order valence-corrected chi connectivity index (χ0v) is 27.1. The van der Waals surface area contributed by atoms with Gasteiger partial charge >= 0.3 is 7.82 Å². The highest BCUT2D eigenvalue weighted by Crippen LogP contribution is 2.57. The first-order valence-corrected chi connectivity index (χ1v) is 15.4. The van der Waals surface area contributed by atoms with Gasteiger partial charge in [0.25, 0.3) is 0 Å². The molecule has 1 amide bonds. The zero-order chi connectivity index (χ0) is 32.4. The Hall–Kier alpha value is -3.89. The maximum atomic E-state index is 14.3. The molecule has 0 bridgehead atoms. The van der Waals surface area contributed by atoms with Gasteiger partial charge in [0.1, 0.15) is 17.6 Å². The minimum Gasteiger partial charge on any atom is -0.497 e. The van der Waals surface area contributed by atoms with Crippen LogP contribution in [0.5, 0.6) is 5.75 Å². The number of methoxy groups -OCH3 is 1. The van der Waals surface area contributed by atoms with Gasteiger partial charge in [-0.1, -0.05) is 6.58 Å². The molecule has 0 saturated carbocycles. The van der Waals surface area contributed by atoms with Gasteiger partial charge in [0.2, 0.25) is 11.9 Å². The Labute approximate surface area is 256 Å². The molecule has 12 heteroatoms. The van der Waals surface area contributed by atoms with Crippen molar-refractivity contribution in [1.29, 1.82) is 0 Å². The molecule has 1 atom stereocenters. The second-order valence-electron chi connectivity index (χ2n) is 12.1. The molecule has 0 aliphatic heterocycles. The predicted octanol–water partition coefficient (Wildman–Crippen LogP) is 8.31. The molecule has 1 N–H and O–H groups in total. The summed E-state index contributed by atoms with van der Waals surface area (Å²) >= 11 is 0. The largest absolute Gasteiger partial charge is 0.497 e. The first-order valence-electron chi connectivity index (χ1n) is 13.9. The second kappa shape index (κ2) is 12.6. The maximum Gasteiger partial charge on any atom is 0.477 e. The Kier molecular flexibility index (Phi) is 9.46. The third-order valence-corrected chi connectivity index (χ3v) is 8.19. The van der Waals surface area contributed by atoms with Gasteiger partial charge in [-0.05, 0) is 89.9 Å². The van der Waals surface area contributed by atoms with Crippen molar-refractivity contribution in [2.24, 2.45) is 0 Å². The van der Waals surface area contributed by atoms with Crippen molar-refractivity contribution in [3.05, 3.63) is 73.6 Å². The van der Waals surface area contributed by atoms with E-state index in [2.05, 4.69) is 16.9 Å². The van der Waals surface area contributed by atoms with Crippen LogP contribution < -0.4 is 10.1 Å². The average molecular weight is 625 g/mol. The summed E-state index contributed by atoms with van der Waals surface area (Å²) < 4.78 is 53.0. The van der Waals surface area contributed by atoms with Crippen LogP contribution >= 0.6 is 7.82 Å². The van der Waals surface area contributed by atoms with E-state index in [0.29, 0.717) is 44.7 Å². The van der Waals surface area contributed by atoms with E-state index in [0.717, 1.165) is 0 Å². The van der Waals surface area contributed by atoms with E-state index in [1.807, 2.05) is 12.1 Å². The summed E-state index contributed by atoms with van der Waals surface area (Å²) in [6, 6.07) is 10.2. The van der Waals surface area contributed by atoms with E-state index in [4.69, 9.17) is 23.3 Å². The fourth-order valence-corrected chi connectivity index (χ4v) is 6.43. The predicted molar refractivity (Wildman–Crippen MR) is 169 cm³/mol. The SMILES string of the molecule is C=CC(=O)Nc1cc(OC)cc(-c2cnc3c(c2)c(-c2ccnc(F)c2)cn3C(C)OP(=O)(OC(C)(C)C)OC(C)(C)C)c1. The monoisotopic (exact) mass is 624 g/mol. The van der Waals surface area contributed by atoms with Crippen molar-refractivity contribution in [2.45, 2.75) is 65.9 Å². The van der Waals surface area contributed by atoms with Gasteiger partial charge in [0.05, 0.1) is 18.3 Å². The molecule has 4 rings (SSSR count). The first kappa shape index (κ1) is 33.0. The van der Waals surface area contributed by atoms with Crippen molar-refractivity contribution < 1.29 is 32.1 Å². The molecule has 3 aromatic heterocycles. The molecule has 3 heterocycles. The third-order valence-electron chi connectivity index (χ3n) is 6.08.